The second-order valence-corrected chi connectivity index (χ2v) is 8.53. The molecule has 1 aliphatic heterocycles. The van der Waals surface area contributed by atoms with Gasteiger partial charge in [0, 0.05) is 19.6 Å². The maximum absolute atomic E-state index is 12.5. The van der Waals surface area contributed by atoms with E-state index in [0.717, 1.165) is 12.8 Å². The van der Waals surface area contributed by atoms with Crippen molar-refractivity contribution < 1.29 is 13.2 Å². The Morgan fingerprint density at radius 3 is 2.35 bits per heavy atom. The van der Waals surface area contributed by atoms with Crippen LogP contribution in [0.1, 0.15) is 26.7 Å². The average Bonchev–Trinajstić information content (AvgIpc) is 2.53. The lowest BCUT2D eigenvalue weighted by molar-refractivity contribution is -0.125. The second-order valence-electron chi connectivity index (χ2n) is 6.59. The van der Waals surface area contributed by atoms with Crippen molar-refractivity contribution in [1.82, 2.24) is 9.62 Å². The smallest absolute Gasteiger partial charge is 0.243 e. The molecule has 0 aromatic heterocycles. The Balaban J connectivity index is 1.88. The van der Waals surface area contributed by atoms with Crippen molar-refractivity contribution in [2.75, 3.05) is 19.6 Å². The standard InChI is InChI=1S/C16H25N3O3S/c1-16(2,17)15(20)18-12-13-8-10-19(11-9-13)23(21,22)14-6-4-3-5-7-14/h3-7,13H,8-12,17H2,1-2H3,(H,18,20). The highest BCUT2D eigenvalue weighted by atomic mass is 32.2. The Hall–Kier alpha value is -1.44. The molecule has 2 rings (SSSR count). The Bertz CT molecular complexity index is 630. The van der Waals surface area contributed by atoms with Gasteiger partial charge < -0.3 is 11.1 Å². The van der Waals surface area contributed by atoms with Gasteiger partial charge in [-0.15, -0.1) is 0 Å². The van der Waals surface area contributed by atoms with Gasteiger partial charge in [0.1, 0.15) is 0 Å². The van der Waals surface area contributed by atoms with Gasteiger partial charge in [0.15, 0.2) is 0 Å². The number of hydrogen-bond donors (Lipinski definition) is 2. The zero-order valence-corrected chi connectivity index (χ0v) is 14.5. The molecular weight excluding hydrogens is 314 g/mol. The molecule has 1 heterocycles. The van der Waals surface area contributed by atoms with E-state index in [4.69, 9.17) is 5.73 Å². The van der Waals surface area contributed by atoms with Gasteiger partial charge in [0.05, 0.1) is 10.4 Å². The molecule has 23 heavy (non-hydrogen) atoms. The minimum atomic E-state index is -3.41. The van der Waals surface area contributed by atoms with Gasteiger partial charge in [-0.25, -0.2) is 8.42 Å². The summed E-state index contributed by atoms with van der Waals surface area (Å²) >= 11 is 0. The third-order valence-corrected chi connectivity index (χ3v) is 6.00. The van der Waals surface area contributed by atoms with E-state index in [1.54, 1.807) is 44.2 Å². The van der Waals surface area contributed by atoms with Crippen LogP contribution in [0.3, 0.4) is 0 Å². The van der Waals surface area contributed by atoms with Gasteiger partial charge in [-0.1, -0.05) is 18.2 Å². The Labute approximate surface area is 138 Å². The molecule has 0 saturated carbocycles. The van der Waals surface area contributed by atoms with E-state index in [2.05, 4.69) is 5.32 Å². The van der Waals surface area contributed by atoms with E-state index in [1.807, 2.05) is 0 Å². The number of nitrogens with zero attached hydrogens (tertiary/aromatic N) is 1. The molecule has 1 saturated heterocycles. The van der Waals surface area contributed by atoms with E-state index >= 15 is 0 Å². The molecule has 0 unspecified atom stereocenters. The molecule has 0 radical (unpaired) electrons. The maximum atomic E-state index is 12.5. The Kier molecular flexibility index (Phi) is 5.44. The summed E-state index contributed by atoms with van der Waals surface area (Å²) in [7, 11) is -3.41. The number of amides is 1. The first-order valence-electron chi connectivity index (χ1n) is 7.83. The van der Waals surface area contributed by atoms with Crippen LogP contribution in [0.4, 0.5) is 0 Å². The molecule has 6 nitrogen and oxygen atoms in total. The maximum Gasteiger partial charge on any atom is 0.243 e. The number of nitrogens with one attached hydrogen (secondary N) is 1. The number of carbonyl (C=O) groups is 1. The highest BCUT2D eigenvalue weighted by molar-refractivity contribution is 7.89. The van der Waals surface area contributed by atoms with Gasteiger partial charge in [-0.3, -0.25) is 4.79 Å². The molecule has 1 aromatic rings. The van der Waals surface area contributed by atoms with E-state index in [1.165, 1.54) is 4.31 Å². The molecular formula is C16H25N3O3S. The molecule has 0 atom stereocenters. The summed E-state index contributed by atoms with van der Waals surface area (Å²) in [6.07, 6.45) is 1.47. The largest absolute Gasteiger partial charge is 0.354 e. The molecule has 0 bridgehead atoms. The summed E-state index contributed by atoms with van der Waals surface area (Å²) in [5.74, 6) is 0.0976. The lowest BCUT2D eigenvalue weighted by atomic mass is 9.97. The topological polar surface area (TPSA) is 92.5 Å². The normalized spacial score (nSPS) is 17.9. The van der Waals surface area contributed by atoms with Crippen LogP contribution in [0.15, 0.2) is 35.2 Å². The van der Waals surface area contributed by atoms with Gasteiger partial charge in [0.2, 0.25) is 15.9 Å². The SMILES string of the molecule is CC(C)(N)C(=O)NCC1CCN(S(=O)(=O)c2ccccc2)CC1. The van der Waals surface area contributed by atoms with Crippen molar-refractivity contribution in [2.24, 2.45) is 11.7 Å². The van der Waals surface area contributed by atoms with Crippen LogP contribution in [-0.4, -0.2) is 43.8 Å². The van der Waals surface area contributed by atoms with Crippen molar-refractivity contribution in [2.45, 2.75) is 37.1 Å². The third kappa shape index (κ3) is 4.53. The van der Waals surface area contributed by atoms with Crippen molar-refractivity contribution in [1.29, 1.82) is 0 Å². The Morgan fingerprint density at radius 2 is 1.83 bits per heavy atom. The minimum Gasteiger partial charge on any atom is -0.354 e. The number of benzene rings is 1. The van der Waals surface area contributed by atoms with Crippen LogP contribution >= 0.6 is 0 Å². The fourth-order valence-corrected chi connectivity index (χ4v) is 4.05. The number of carbonyl (C=O) groups excluding carboxylic acids is 1. The van der Waals surface area contributed by atoms with Gasteiger partial charge in [-0.05, 0) is 44.7 Å². The number of sulfonamides is 1. The fraction of sp³-hybridized carbons (Fsp3) is 0.562. The monoisotopic (exact) mass is 339 g/mol. The van der Waals surface area contributed by atoms with Crippen molar-refractivity contribution in [3.63, 3.8) is 0 Å². The summed E-state index contributed by atoms with van der Waals surface area (Å²) in [5.41, 5.74) is 4.85. The van der Waals surface area contributed by atoms with E-state index < -0.39 is 15.6 Å². The summed E-state index contributed by atoms with van der Waals surface area (Å²) in [6.45, 7) is 4.82. The number of nitrogens with two attached hydrogens (primary N) is 1. The lowest BCUT2D eigenvalue weighted by Gasteiger charge is -2.31. The molecule has 0 aliphatic carbocycles. The second kappa shape index (κ2) is 6.98. The molecule has 1 aromatic carbocycles. The van der Waals surface area contributed by atoms with Crippen LogP contribution in [0.5, 0.6) is 0 Å². The molecule has 1 fully saturated rings. The molecule has 128 valence electrons. The summed E-state index contributed by atoms with van der Waals surface area (Å²) in [4.78, 5) is 12.1. The number of rotatable bonds is 5. The van der Waals surface area contributed by atoms with Crippen LogP contribution in [0.2, 0.25) is 0 Å². The first-order valence-corrected chi connectivity index (χ1v) is 9.27. The fourth-order valence-electron chi connectivity index (χ4n) is 2.56. The first kappa shape index (κ1) is 17.9. The first-order chi connectivity index (χ1) is 10.7. The predicted octanol–water partition coefficient (Wildman–Crippen LogP) is 0.941. The zero-order valence-electron chi connectivity index (χ0n) is 13.7. The third-order valence-electron chi connectivity index (χ3n) is 4.09. The highest BCUT2D eigenvalue weighted by Gasteiger charge is 2.30. The summed E-state index contributed by atoms with van der Waals surface area (Å²) in [6, 6.07) is 8.48. The van der Waals surface area contributed by atoms with Gasteiger partial charge in [0.25, 0.3) is 0 Å². The van der Waals surface area contributed by atoms with E-state index in [9.17, 15) is 13.2 Å². The zero-order chi connectivity index (χ0) is 17.1. The van der Waals surface area contributed by atoms with Crippen LogP contribution in [0, 0.1) is 5.92 Å². The highest BCUT2D eigenvalue weighted by Crippen LogP contribution is 2.23. The quantitative estimate of drug-likeness (QED) is 0.835. The predicted molar refractivity (Wildman–Crippen MR) is 89.2 cm³/mol. The molecule has 1 amide bonds. The van der Waals surface area contributed by atoms with Gasteiger partial charge in [-0.2, -0.15) is 4.31 Å². The van der Waals surface area contributed by atoms with Crippen LogP contribution in [-0.2, 0) is 14.8 Å². The molecule has 1 aliphatic rings. The average molecular weight is 339 g/mol. The molecule has 3 N–H and O–H groups in total. The lowest BCUT2D eigenvalue weighted by Crippen LogP contribution is -2.51. The molecule has 0 spiro atoms. The van der Waals surface area contributed by atoms with Crippen molar-refractivity contribution in [3.05, 3.63) is 30.3 Å². The van der Waals surface area contributed by atoms with Crippen LogP contribution in [0.25, 0.3) is 0 Å². The van der Waals surface area contributed by atoms with E-state index in [0.29, 0.717) is 24.5 Å². The van der Waals surface area contributed by atoms with Crippen molar-refractivity contribution >= 4 is 15.9 Å². The van der Waals surface area contributed by atoms with Crippen LogP contribution < -0.4 is 11.1 Å². The number of piperidine rings is 1. The summed E-state index contributed by atoms with van der Waals surface area (Å²) < 4.78 is 26.6. The summed E-state index contributed by atoms with van der Waals surface area (Å²) in [5, 5.41) is 2.85. The van der Waals surface area contributed by atoms with Crippen molar-refractivity contribution in [3.8, 4) is 0 Å². The number of hydrogen-bond acceptors (Lipinski definition) is 4. The minimum absolute atomic E-state index is 0.183. The Morgan fingerprint density at radius 1 is 1.26 bits per heavy atom. The van der Waals surface area contributed by atoms with E-state index in [-0.39, 0.29) is 11.8 Å². The van der Waals surface area contributed by atoms with Gasteiger partial charge >= 0.3 is 0 Å². The molecule has 7 heteroatoms.